The second-order valence-corrected chi connectivity index (χ2v) is 7.61. The first kappa shape index (κ1) is 20.6. The van der Waals surface area contributed by atoms with Gasteiger partial charge in [0.05, 0.1) is 31.8 Å². The van der Waals surface area contributed by atoms with Crippen LogP contribution in [0.25, 0.3) is 11.3 Å². The Morgan fingerprint density at radius 3 is 2.74 bits per heavy atom. The van der Waals surface area contributed by atoms with Gasteiger partial charge in [0.2, 0.25) is 0 Å². The molecule has 2 N–H and O–H groups in total. The zero-order valence-electron chi connectivity index (χ0n) is 17.6. The minimum Gasteiger partial charge on any atom is -0.496 e. The van der Waals surface area contributed by atoms with E-state index in [1.54, 1.807) is 7.11 Å². The Morgan fingerprint density at radius 2 is 2.03 bits per heavy atom. The minimum absolute atomic E-state index is 0.260. The average molecular weight is 419 g/mol. The summed E-state index contributed by atoms with van der Waals surface area (Å²) in [5.74, 6) is 3.17. The lowest BCUT2D eigenvalue weighted by Gasteiger charge is -2.28. The number of nitriles is 1. The number of nitrogens with one attached hydrogen (secondary N) is 2. The minimum atomic E-state index is 0.260. The van der Waals surface area contributed by atoms with Crippen LogP contribution in [-0.2, 0) is 0 Å². The van der Waals surface area contributed by atoms with Gasteiger partial charge < -0.3 is 19.7 Å². The Hall–Kier alpha value is -3.64. The van der Waals surface area contributed by atoms with E-state index in [1.165, 1.54) is 25.2 Å². The molecule has 9 nitrogen and oxygen atoms in total. The molecular formula is C22H25N7O2. The Labute approximate surface area is 181 Å². The SMILES string of the molecule is COc1cc(OCC2CCN(C)CC2)ccc1-c1cc(Nc2cnc(C#N)cn2)n[nH]1. The number of piperidine rings is 1. The monoisotopic (exact) mass is 419 g/mol. The van der Waals surface area contributed by atoms with Crippen molar-refractivity contribution in [3.05, 3.63) is 42.4 Å². The van der Waals surface area contributed by atoms with Gasteiger partial charge in [0.15, 0.2) is 11.5 Å². The zero-order valence-corrected chi connectivity index (χ0v) is 17.6. The average Bonchev–Trinajstić information content (AvgIpc) is 3.27. The number of nitrogens with zero attached hydrogens (tertiary/aromatic N) is 5. The van der Waals surface area contributed by atoms with E-state index in [-0.39, 0.29) is 5.69 Å². The van der Waals surface area contributed by atoms with E-state index in [2.05, 4.69) is 37.4 Å². The van der Waals surface area contributed by atoms with Crippen molar-refractivity contribution in [2.24, 2.45) is 5.92 Å². The lowest BCUT2D eigenvalue weighted by molar-refractivity contribution is 0.160. The molecule has 0 radical (unpaired) electrons. The molecule has 0 spiro atoms. The quantitative estimate of drug-likeness (QED) is 0.600. The lowest BCUT2D eigenvalue weighted by atomic mass is 9.98. The molecule has 2 aromatic heterocycles. The summed E-state index contributed by atoms with van der Waals surface area (Å²) in [4.78, 5) is 10.5. The van der Waals surface area contributed by atoms with Crippen LogP contribution in [0.5, 0.6) is 11.5 Å². The van der Waals surface area contributed by atoms with Gasteiger partial charge in [-0.05, 0) is 51.0 Å². The van der Waals surface area contributed by atoms with Gasteiger partial charge in [0.1, 0.15) is 23.4 Å². The van der Waals surface area contributed by atoms with Crippen LogP contribution < -0.4 is 14.8 Å². The van der Waals surface area contributed by atoms with Crippen LogP contribution in [-0.4, -0.2) is 58.9 Å². The van der Waals surface area contributed by atoms with Crippen molar-refractivity contribution in [1.29, 1.82) is 5.26 Å². The topological polar surface area (TPSA) is 112 Å². The van der Waals surface area contributed by atoms with Crippen molar-refractivity contribution < 1.29 is 9.47 Å². The summed E-state index contributed by atoms with van der Waals surface area (Å²) in [6.45, 7) is 2.97. The lowest BCUT2D eigenvalue weighted by Crippen LogP contribution is -2.32. The fourth-order valence-electron chi connectivity index (χ4n) is 3.53. The standard InChI is InChI=1S/C22H25N7O2/c1-29-7-5-15(6-8-29)14-31-17-3-4-18(20(9-17)30-2)19-10-21(28-27-19)26-22-13-24-16(11-23)12-25-22/h3-4,9-10,12-13,15H,5-8,14H2,1-2H3,(H2,25,26,27,28). The molecule has 1 aromatic carbocycles. The highest BCUT2D eigenvalue weighted by atomic mass is 16.5. The third kappa shape index (κ3) is 5.10. The Bertz CT molecular complexity index is 1050. The number of methoxy groups -OCH3 is 1. The Kier molecular flexibility index (Phi) is 6.29. The number of H-pyrrole nitrogens is 1. The summed E-state index contributed by atoms with van der Waals surface area (Å²) in [6.07, 6.45) is 5.23. The summed E-state index contributed by atoms with van der Waals surface area (Å²) in [7, 11) is 3.80. The molecule has 160 valence electrons. The van der Waals surface area contributed by atoms with Gasteiger partial charge in [-0.25, -0.2) is 9.97 Å². The van der Waals surface area contributed by atoms with Crippen LogP contribution in [0.3, 0.4) is 0 Å². The number of anilines is 2. The first-order chi connectivity index (χ1) is 15.1. The fraction of sp³-hybridized carbons (Fsp3) is 0.364. The third-order valence-corrected chi connectivity index (χ3v) is 5.39. The molecule has 0 aliphatic carbocycles. The largest absolute Gasteiger partial charge is 0.496 e. The predicted molar refractivity (Wildman–Crippen MR) is 116 cm³/mol. The summed E-state index contributed by atoms with van der Waals surface area (Å²) >= 11 is 0. The number of benzene rings is 1. The number of aromatic nitrogens is 4. The number of ether oxygens (including phenoxy) is 2. The molecule has 3 aromatic rings. The predicted octanol–water partition coefficient (Wildman–Crippen LogP) is 3.21. The molecule has 1 aliphatic rings. The van der Waals surface area contributed by atoms with E-state index in [1.807, 2.05) is 30.3 Å². The van der Waals surface area contributed by atoms with Gasteiger partial charge in [-0.3, -0.25) is 5.10 Å². The molecule has 31 heavy (non-hydrogen) atoms. The number of likely N-dealkylation sites (tertiary alicyclic amines) is 1. The summed E-state index contributed by atoms with van der Waals surface area (Å²) < 4.78 is 11.6. The van der Waals surface area contributed by atoms with Crippen LogP contribution in [0, 0.1) is 17.2 Å². The molecule has 0 atom stereocenters. The zero-order chi connectivity index (χ0) is 21.6. The highest BCUT2D eigenvalue weighted by Gasteiger charge is 2.18. The molecule has 3 heterocycles. The Balaban J connectivity index is 1.42. The summed E-state index contributed by atoms with van der Waals surface area (Å²) in [6, 6.07) is 9.62. The van der Waals surface area contributed by atoms with Crippen molar-refractivity contribution in [3.8, 4) is 28.8 Å². The second kappa shape index (κ2) is 9.45. The van der Waals surface area contributed by atoms with Crippen LogP contribution in [0.2, 0.25) is 0 Å². The second-order valence-electron chi connectivity index (χ2n) is 7.61. The fourth-order valence-corrected chi connectivity index (χ4v) is 3.53. The molecule has 9 heteroatoms. The third-order valence-electron chi connectivity index (χ3n) is 5.39. The maximum atomic E-state index is 8.81. The van der Waals surface area contributed by atoms with Crippen molar-refractivity contribution in [3.63, 3.8) is 0 Å². The molecule has 4 rings (SSSR count). The summed E-state index contributed by atoms with van der Waals surface area (Å²) in [5.41, 5.74) is 1.93. The van der Waals surface area contributed by atoms with Crippen LogP contribution >= 0.6 is 0 Å². The molecule has 0 unspecified atom stereocenters. The van der Waals surface area contributed by atoms with Gasteiger partial charge in [0, 0.05) is 17.7 Å². The van der Waals surface area contributed by atoms with Crippen molar-refractivity contribution in [2.75, 3.05) is 39.2 Å². The molecule has 1 aliphatic heterocycles. The van der Waals surface area contributed by atoms with Gasteiger partial charge >= 0.3 is 0 Å². The van der Waals surface area contributed by atoms with Crippen LogP contribution in [0.4, 0.5) is 11.6 Å². The number of hydrogen-bond acceptors (Lipinski definition) is 8. The van der Waals surface area contributed by atoms with E-state index >= 15 is 0 Å². The normalized spacial score (nSPS) is 14.7. The first-order valence-electron chi connectivity index (χ1n) is 10.2. The maximum absolute atomic E-state index is 8.81. The van der Waals surface area contributed by atoms with E-state index in [9.17, 15) is 0 Å². The van der Waals surface area contributed by atoms with Crippen molar-refractivity contribution in [2.45, 2.75) is 12.8 Å². The molecule has 0 bridgehead atoms. The van der Waals surface area contributed by atoms with E-state index < -0.39 is 0 Å². The molecule has 0 amide bonds. The van der Waals surface area contributed by atoms with E-state index in [4.69, 9.17) is 14.7 Å². The molecule has 0 saturated carbocycles. The first-order valence-corrected chi connectivity index (χ1v) is 10.2. The van der Waals surface area contributed by atoms with Gasteiger partial charge in [-0.2, -0.15) is 10.4 Å². The molecular weight excluding hydrogens is 394 g/mol. The number of hydrogen-bond donors (Lipinski definition) is 2. The highest BCUT2D eigenvalue weighted by Crippen LogP contribution is 2.34. The van der Waals surface area contributed by atoms with Crippen LogP contribution in [0.15, 0.2) is 36.7 Å². The van der Waals surface area contributed by atoms with Crippen molar-refractivity contribution in [1.82, 2.24) is 25.1 Å². The van der Waals surface area contributed by atoms with E-state index in [0.29, 0.717) is 23.3 Å². The van der Waals surface area contributed by atoms with E-state index in [0.717, 1.165) is 36.7 Å². The molecule has 1 fully saturated rings. The highest BCUT2D eigenvalue weighted by molar-refractivity contribution is 5.71. The van der Waals surface area contributed by atoms with Gasteiger partial charge in [-0.1, -0.05) is 0 Å². The van der Waals surface area contributed by atoms with Crippen molar-refractivity contribution >= 4 is 11.6 Å². The summed E-state index contributed by atoms with van der Waals surface area (Å²) in [5, 5.41) is 19.2. The number of aromatic amines is 1. The van der Waals surface area contributed by atoms with Gasteiger partial charge in [0.25, 0.3) is 0 Å². The van der Waals surface area contributed by atoms with Crippen LogP contribution in [0.1, 0.15) is 18.5 Å². The number of rotatable bonds is 7. The Morgan fingerprint density at radius 1 is 1.19 bits per heavy atom. The molecule has 1 saturated heterocycles. The maximum Gasteiger partial charge on any atom is 0.158 e. The smallest absolute Gasteiger partial charge is 0.158 e. The van der Waals surface area contributed by atoms with Gasteiger partial charge in [-0.15, -0.1) is 0 Å².